The van der Waals surface area contributed by atoms with Gasteiger partial charge >= 0.3 is 0 Å². The molecule has 5 heterocycles. The monoisotopic (exact) mass is 627 g/mol. The Morgan fingerprint density at radius 2 is 1.91 bits per heavy atom. The molecule has 2 fully saturated rings. The van der Waals surface area contributed by atoms with E-state index < -0.39 is 0 Å². The molecule has 1 aliphatic carbocycles. The third-order valence-electron chi connectivity index (χ3n) is 10.7. The lowest BCUT2D eigenvalue weighted by Gasteiger charge is -2.36. The number of fused-ring (bicyclic) bond motifs is 3. The number of nitrogens with one attached hydrogen (secondary N) is 1. The Balaban J connectivity index is 1.27. The number of nitrogens with zero attached hydrogens (tertiary/aromatic N) is 5. The Morgan fingerprint density at radius 1 is 1.09 bits per heavy atom. The van der Waals surface area contributed by atoms with Crippen LogP contribution < -0.4 is 15.8 Å². The number of likely N-dealkylation sites (tertiary alicyclic amines) is 1. The van der Waals surface area contributed by atoms with Crippen LogP contribution in [0.3, 0.4) is 0 Å². The van der Waals surface area contributed by atoms with Crippen molar-refractivity contribution in [2.24, 2.45) is 24.1 Å². The van der Waals surface area contributed by atoms with E-state index in [-0.39, 0.29) is 35.4 Å². The van der Waals surface area contributed by atoms with Crippen LogP contribution in [-0.2, 0) is 23.1 Å². The summed E-state index contributed by atoms with van der Waals surface area (Å²) < 4.78 is 15.6. The largest absolute Gasteiger partial charge is 0.494 e. The number of hydrogen-bond acceptors (Lipinski definition) is 7. The van der Waals surface area contributed by atoms with E-state index in [9.17, 15) is 9.59 Å². The number of pyridine rings is 1. The van der Waals surface area contributed by atoms with Crippen molar-refractivity contribution >= 4 is 33.9 Å². The van der Waals surface area contributed by atoms with E-state index in [0.717, 1.165) is 72.4 Å². The fourth-order valence-electron chi connectivity index (χ4n) is 7.66. The number of piperidine rings is 1. The molecular formula is C35H45N7O4. The van der Waals surface area contributed by atoms with Crippen LogP contribution in [0, 0.1) is 11.3 Å². The summed E-state index contributed by atoms with van der Waals surface area (Å²) in [7, 11) is 5.27. The van der Waals surface area contributed by atoms with Crippen molar-refractivity contribution in [3.8, 4) is 17.3 Å². The summed E-state index contributed by atoms with van der Waals surface area (Å²) in [6.07, 6.45) is 5.87. The minimum Gasteiger partial charge on any atom is -0.494 e. The molecule has 2 aliphatic heterocycles. The number of rotatable bonds is 4. The maximum atomic E-state index is 13.7. The highest BCUT2D eigenvalue weighted by Crippen LogP contribution is 2.55. The van der Waals surface area contributed by atoms with Gasteiger partial charge in [0.25, 0.3) is 5.91 Å². The Morgan fingerprint density at radius 3 is 2.67 bits per heavy atom. The predicted molar refractivity (Wildman–Crippen MR) is 177 cm³/mol. The molecule has 3 N–H and O–H groups in total. The maximum Gasteiger partial charge on any atom is 0.254 e. The summed E-state index contributed by atoms with van der Waals surface area (Å²) in [6, 6.07) is 9.47. The Bertz CT molecular complexity index is 1830. The number of methoxy groups -OCH3 is 2. The van der Waals surface area contributed by atoms with Gasteiger partial charge in [-0.05, 0) is 68.9 Å². The van der Waals surface area contributed by atoms with Crippen molar-refractivity contribution < 1.29 is 19.1 Å². The SMILES string of the molecule is COc1cc(C(=O)N2CC[C@@H](OC)[C@@H](N)C2)cc2nc(-c3cc4ccc5nc4n3CCCCC[C@@H]3C[C@@]3(C)C(=O)N[C@@H]5C)n(C)c12. The number of ether oxygens (including phenoxy) is 2. The van der Waals surface area contributed by atoms with Gasteiger partial charge in [-0.1, -0.05) is 19.8 Å². The van der Waals surface area contributed by atoms with Crippen molar-refractivity contribution in [2.45, 2.75) is 77.1 Å². The fourth-order valence-corrected chi connectivity index (χ4v) is 7.66. The van der Waals surface area contributed by atoms with Gasteiger partial charge in [0.2, 0.25) is 5.91 Å². The lowest BCUT2D eigenvalue weighted by atomic mass is 10.0. The van der Waals surface area contributed by atoms with Gasteiger partial charge in [0, 0.05) is 56.2 Å². The van der Waals surface area contributed by atoms with Gasteiger partial charge < -0.3 is 34.6 Å². The number of carbonyl (C=O) groups is 2. The molecule has 7 rings (SSSR count). The first kappa shape index (κ1) is 30.7. The molecule has 5 atom stereocenters. The number of amides is 2. The Labute approximate surface area is 269 Å². The van der Waals surface area contributed by atoms with Crippen LogP contribution in [0.4, 0.5) is 0 Å². The topological polar surface area (TPSA) is 130 Å². The molecule has 244 valence electrons. The second-order valence-corrected chi connectivity index (χ2v) is 13.7. The Kier molecular flexibility index (Phi) is 7.79. The molecule has 1 aromatic carbocycles. The van der Waals surface area contributed by atoms with Crippen LogP contribution >= 0.6 is 0 Å². The number of carbonyl (C=O) groups excluding carboxylic acids is 2. The zero-order valence-corrected chi connectivity index (χ0v) is 27.5. The number of benzene rings is 1. The third-order valence-corrected chi connectivity index (χ3v) is 10.7. The first-order chi connectivity index (χ1) is 22.1. The van der Waals surface area contributed by atoms with Gasteiger partial charge in [-0.15, -0.1) is 0 Å². The highest BCUT2D eigenvalue weighted by Gasteiger charge is 2.55. The number of imidazole rings is 1. The second-order valence-electron chi connectivity index (χ2n) is 13.7. The molecule has 4 aromatic rings. The molecule has 11 nitrogen and oxygen atoms in total. The van der Waals surface area contributed by atoms with E-state index >= 15 is 0 Å². The second kappa shape index (κ2) is 11.7. The first-order valence-electron chi connectivity index (χ1n) is 16.6. The zero-order chi connectivity index (χ0) is 32.3. The molecule has 11 heteroatoms. The van der Waals surface area contributed by atoms with Crippen molar-refractivity contribution in [2.75, 3.05) is 27.3 Å². The molecule has 2 amide bonds. The molecule has 0 radical (unpaired) electrons. The summed E-state index contributed by atoms with van der Waals surface area (Å²) in [6.45, 7) is 5.93. The van der Waals surface area contributed by atoms with Crippen LogP contribution in [0.15, 0.2) is 30.3 Å². The number of hydrogen-bond donors (Lipinski definition) is 2. The molecule has 0 spiro atoms. The quantitative estimate of drug-likeness (QED) is 0.339. The predicted octanol–water partition coefficient (Wildman–Crippen LogP) is 4.56. The van der Waals surface area contributed by atoms with E-state index in [4.69, 9.17) is 25.2 Å². The minimum atomic E-state index is -0.255. The average Bonchev–Trinajstić information content (AvgIpc) is 3.42. The highest BCUT2D eigenvalue weighted by molar-refractivity contribution is 6.00. The van der Waals surface area contributed by atoms with Crippen molar-refractivity contribution in [1.82, 2.24) is 29.3 Å². The van der Waals surface area contributed by atoms with Crippen molar-refractivity contribution in [1.29, 1.82) is 0 Å². The number of aryl methyl sites for hydroxylation is 2. The third kappa shape index (κ3) is 5.13. The minimum absolute atomic E-state index is 0.0514. The molecule has 3 aliphatic rings. The zero-order valence-electron chi connectivity index (χ0n) is 27.5. The van der Waals surface area contributed by atoms with Crippen LogP contribution in [0.1, 0.15) is 74.5 Å². The van der Waals surface area contributed by atoms with Crippen LogP contribution in [0.5, 0.6) is 5.75 Å². The summed E-state index contributed by atoms with van der Waals surface area (Å²) in [5.41, 5.74) is 10.8. The fraction of sp³-hybridized carbons (Fsp3) is 0.543. The van der Waals surface area contributed by atoms with Crippen LogP contribution in [0.2, 0.25) is 0 Å². The van der Waals surface area contributed by atoms with E-state index in [0.29, 0.717) is 42.3 Å². The van der Waals surface area contributed by atoms with Crippen molar-refractivity contribution in [3.05, 3.63) is 41.6 Å². The van der Waals surface area contributed by atoms with E-state index in [2.05, 4.69) is 28.9 Å². The standard InChI is InChI=1S/C35H45N7O4/c1-20-25-11-10-21-16-27(42(31(21)38-25)13-8-6-7-9-23-18-35(23,2)34(44)37-20)32-39-26-15-22(17-29(46-5)30(26)40(32)3)33(43)41-14-12-28(45-4)24(36)19-41/h10-11,15-17,20,23-24,28H,6-9,12-14,18-19,36H2,1-5H3,(H,37,44)/t20-,23-,24+,28-,35-/m1/s1. The van der Waals surface area contributed by atoms with Gasteiger partial charge in [-0.3, -0.25) is 9.59 Å². The van der Waals surface area contributed by atoms with Crippen LogP contribution in [0.25, 0.3) is 33.6 Å². The van der Waals surface area contributed by atoms with Crippen LogP contribution in [-0.4, -0.2) is 75.3 Å². The van der Waals surface area contributed by atoms with Crippen molar-refractivity contribution in [3.63, 3.8) is 0 Å². The number of nitrogens with two attached hydrogens (primary N) is 1. The molecule has 3 aromatic heterocycles. The Hall–Kier alpha value is -3.96. The van der Waals surface area contributed by atoms with Gasteiger partial charge in [-0.25, -0.2) is 9.97 Å². The maximum absolute atomic E-state index is 13.7. The summed E-state index contributed by atoms with van der Waals surface area (Å²) in [5, 5.41) is 4.26. The molecule has 1 saturated carbocycles. The summed E-state index contributed by atoms with van der Waals surface area (Å²) >= 11 is 0. The van der Waals surface area contributed by atoms with Gasteiger partial charge in [0.05, 0.1) is 36.2 Å². The molecular weight excluding hydrogens is 582 g/mol. The normalized spacial score (nSPS) is 27.0. The van der Waals surface area contributed by atoms with Gasteiger partial charge in [0.15, 0.2) is 5.82 Å². The average molecular weight is 628 g/mol. The molecule has 0 unspecified atom stereocenters. The smallest absolute Gasteiger partial charge is 0.254 e. The summed E-state index contributed by atoms with van der Waals surface area (Å²) in [4.78, 5) is 38.9. The van der Waals surface area contributed by atoms with E-state index in [1.165, 1.54) is 0 Å². The first-order valence-corrected chi connectivity index (χ1v) is 16.6. The molecule has 1 saturated heterocycles. The summed E-state index contributed by atoms with van der Waals surface area (Å²) in [5.74, 6) is 1.86. The lowest BCUT2D eigenvalue weighted by molar-refractivity contribution is -0.127. The van der Waals surface area contributed by atoms with E-state index in [1.807, 2.05) is 30.7 Å². The van der Waals surface area contributed by atoms with E-state index in [1.54, 1.807) is 25.2 Å². The number of aromatic nitrogens is 4. The molecule has 2 bridgehead atoms. The lowest BCUT2D eigenvalue weighted by Crippen LogP contribution is -2.53. The highest BCUT2D eigenvalue weighted by atomic mass is 16.5. The van der Waals surface area contributed by atoms with Gasteiger partial charge in [0.1, 0.15) is 16.9 Å². The van der Waals surface area contributed by atoms with Gasteiger partial charge in [-0.2, -0.15) is 0 Å². The molecule has 46 heavy (non-hydrogen) atoms.